The summed E-state index contributed by atoms with van der Waals surface area (Å²) < 4.78 is 51.2. The maximum atomic E-state index is 13.3. The van der Waals surface area contributed by atoms with E-state index in [1.54, 1.807) is 0 Å². The molecule has 0 atom stereocenters. The molecule has 2 nitrogen and oxygen atoms in total. The third-order valence-electron chi connectivity index (χ3n) is 6.70. The quantitative estimate of drug-likeness (QED) is 0.234. The molecular formula is C32H36F4N2. The summed E-state index contributed by atoms with van der Waals surface area (Å²) in [6, 6.07) is 19.9. The minimum atomic E-state index is -4.59. The molecule has 0 unspecified atom stereocenters. The number of halogens is 4. The maximum Gasteiger partial charge on any atom is 0.416 e. The standard InChI is InChI=1S/C17H20.C15H16F4N2/c1-3-17-13-16(10-9-14(17)2)12-11-15-7-5-4-6-8-15;1-10(11(2)21-5-3-4-6-21)20-14-8-12(15(17,18)19)7-13(16)9-14/h4-10,13H,3,11-12H2,1-2H3;7-9,20H,1-6H2. The summed E-state index contributed by atoms with van der Waals surface area (Å²) in [5.74, 6) is -0.952. The van der Waals surface area contributed by atoms with Crippen molar-refractivity contribution in [2.24, 2.45) is 0 Å². The first-order valence-corrected chi connectivity index (χ1v) is 13.0. The third-order valence-corrected chi connectivity index (χ3v) is 6.70. The first-order valence-electron chi connectivity index (χ1n) is 13.0. The summed E-state index contributed by atoms with van der Waals surface area (Å²) >= 11 is 0. The minimum Gasteiger partial charge on any atom is -0.370 e. The van der Waals surface area contributed by atoms with Gasteiger partial charge in [-0.2, -0.15) is 13.2 Å². The van der Waals surface area contributed by atoms with E-state index in [9.17, 15) is 17.6 Å². The van der Waals surface area contributed by atoms with Crippen molar-refractivity contribution < 1.29 is 17.6 Å². The topological polar surface area (TPSA) is 15.3 Å². The van der Waals surface area contributed by atoms with Gasteiger partial charge in [-0.15, -0.1) is 0 Å². The van der Waals surface area contributed by atoms with Gasteiger partial charge >= 0.3 is 6.18 Å². The van der Waals surface area contributed by atoms with Crippen LogP contribution in [-0.4, -0.2) is 18.0 Å². The van der Waals surface area contributed by atoms with Crippen molar-refractivity contribution in [3.05, 3.63) is 125 Å². The number of nitrogens with zero attached hydrogens (tertiary/aromatic N) is 1. The van der Waals surface area contributed by atoms with Gasteiger partial charge < -0.3 is 10.2 Å². The van der Waals surface area contributed by atoms with Crippen molar-refractivity contribution >= 4 is 5.69 Å². The van der Waals surface area contributed by atoms with Gasteiger partial charge in [0.2, 0.25) is 0 Å². The molecular weight excluding hydrogens is 488 g/mol. The molecule has 6 heteroatoms. The van der Waals surface area contributed by atoms with Gasteiger partial charge in [-0.1, -0.05) is 68.6 Å². The molecule has 0 spiro atoms. The lowest BCUT2D eigenvalue weighted by molar-refractivity contribution is -0.137. The molecule has 1 saturated heterocycles. The van der Waals surface area contributed by atoms with Crippen LogP contribution in [0.3, 0.4) is 0 Å². The fraction of sp³-hybridized carbons (Fsp3) is 0.312. The summed E-state index contributed by atoms with van der Waals surface area (Å²) in [5.41, 5.74) is 5.73. The van der Waals surface area contributed by atoms with Crippen LogP contribution >= 0.6 is 0 Å². The number of likely N-dealkylation sites (tertiary alicyclic amines) is 1. The second-order valence-electron chi connectivity index (χ2n) is 9.57. The third kappa shape index (κ3) is 8.51. The van der Waals surface area contributed by atoms with Crippen LogP contribution in [0.2, 0.25) is 0 Å². The zero-order chi connectivity index (χ0) is 27.7. The van der Waals surface area contributed by atoms with E-state index in [4.69, 9.17) is 0 Å². The molecule has 0 saturated carbocycles. The Morgan fingerprint density at radius 3 is 2.18 bits per heavy atom. The molecule has 1 fully saturated rings. The van der Waals surface area contributed by atoms with Gasteiger partial charge in [0, 0.05) is 18.8 Å². The number of hydrogen-bond donors (Lipinski definition) is 1. The summed E-state index contributed by atoms with van der Waals surface area (Å²) in [6.07, 6.45) is 0.899. The van der Waals surface area contributed by atoms with E-state index >= 15 is 0 Å². The lowest BCUT2D eigenvalue weighted by atomic mass is 9.99. The van der Waals surface area contributed by atoms with Crippen LogP contribution in [0.25, 0.3) is 0 Å². The Morgan fingerprint density at radius 2 is 1.55 bits per heavy atom. The summed E-state index contributed by atoms with van der Waals surface area (Å²) in [6.45, 7) is 13.7. The molecule has 202 valence electrons. The van der Waals surface area contributed by atoms with Gasteiger partial charge in [0.05, 0.1) is 17.0 Å². The van der Waals surface area contributed by atoms with Gasteiger partial charge in [-0.25, -0.2) is 4.39 Å². The number of alkyl halides is 3. The van der Waals surface area contributed by atoms with Gasteiger partial charge in [0.1, 0.15) is 5.82 Å². The van der Waals surface area contributed by atoms with E-state index in [-0.39, 0.29) is 5.69 Å². The molecule has 1 N–H and O–H groups in total. The smallest absolute Gasteiger partial charge is 0.370 e. The number of nitrogens with one attached hydrogen (secondary N) is 1. The van der Waals surface area contributed by atoms with Crippen molar-refractivity contribution in [2.45, 2.75) is 52.1 Å². The van der Waals surface area contributed by atoms with E-state index in [1.807, 2.05) is 4.90 Å². The minimum absolute atomic E-state index is 0.00710. The highest BCUT2D eigenvalue weighted by Gasteiger charge is 2.31. The molecule has 3 aromatic carbocycles. The molecule has 3 aromatic rings. The Hall–Kier alpha value is -3.54. The molecule has 0 amide bonds. The summed E-state index contributed by atoms with van der Waals surface area (Å²) in [5, 5.41) is 2.70. The Labute approximate surface area is 223 Å². The summed E-state index contributed by atoms with van der Waals surface area (Å²) in [4.78, 5) is 2.00. The Kier molecular flexibility index (Phi) is 10.2. The highest BCUT2D eigenvalue weighted by molar-refractivity contribution is 5.54. The average molecular weight is 525 g/mol. The first kappa shape index (κ1) is 29.0. The van der Waals surface area contributed by atoms with E-state index in [2.05, 4.69) is 80.9 Å². The van der Waals surface area contributed by atoms with Crippen LogP contribution in [0.15, 0.2) is 91.3 Å². The normalized spacial score (nSPS) is 13.1. The second kappa shape index (κ2) is 13.3. The maximum absolute atomic E-state index is 13.3. The summed E-state index contributed by atoms with van der Waals surface area (Å²) in [7, 11) is 0. The predicted octanol–water partition coefficient (Wildman–Crippen LogP) is 8.72. The van der Waals surface area contributed by atoms with Gasteiger partial charge in [0.15, 0.2) is 0 Å². The van der Waals surface area contributed by atoms with Crippen LogP contribution in [0.1, 0.15) is 47.6 Å². The van der Waals surface area contributed by atoms with Crippen LogP contribution in [0, 0.1) is 12.7 Å². The number of rotatable bonds is 8. The number of benzene rings is 3. The number of hydrogen-bond acceptors (Lipinski definition) is 2. The number of anilines is 1. The van der Waals surface area contributed by atoms with E-state index in [0.29, 0.717) is 17.5 Å². The highest BCUT2D eigenvalue weighted by atomic mass is 19.4. The monoisotopic (exact) mass is 524 g/mol. The number of aryl methyl sites for hydroxylation is 4. The van der Waals surface area contributed by atoms with Crippen molar-refractivity contribution in [3.63, 3.8) is 0 Å². The second-order valence-corrected chi connectivity index (χ2v) is 9.57. The molecule has 1 aliphatic rings. The lowest BCUT2D eigenvalue weighted by Gasteiger charge is -2.23. The lowest BCUT2D eigenvalue weighted by Crippen LogP contribution is -2.21. The largest absolute Gasteiger partial charge is 0.416 e. The van der Waals surface area contributed by atoms with Crippen LogP contribution in [0.5, 0.6) is 0 Å². The molecule has 0 aliphatic carbocycles. The van der Waals surface area contributed by atoms with Crippen molar-refractivity contribution in [1.29, 1.82) is 0 Å². The Morgan fingerprint density at radius 1 is 0.895 bits per heavy atom. The zero-order valence-corrected chi connectivity index (χ0v) is 22.2. The fourth-order valence-corrected chi connectivity index (χ4v) is 4.44. The van der Waals surface area contributed by atoms with Crippen molar-refractivity contribution in [3.8, 4) is 0 Å². The van der Waals surface area contributed by atoms with Crippen molar-refractivity contribution in [2.75, 3.05) is 18.4 Å². The molecule has 0 radical (unpaired) electrons. The first-order chi connectivity index (χ1) is 18.1. The Balaban J connectivity index is 0.000000215. The predicted molar refractivity (Wildman–Crippen MR) is 149 cm³/mol. The molecule has 4 rings (SSSR count). The van der Waals surface area contributed by atoms with Crippen LogP contribution in [0.4, 0.5) is 23.2 Å². The van der Waals surface area contributed by atoms with Crippen LogP contribution < -0.4 is 5.32 Å². The molecule has 38 heavy (non-hydrogen) atoms. The fourth-order valence-electron chi connectivity index (χ4n) is 4.44. The van der Waals surface area contributed by atoms with E-state index < -0.39 is 17.6 Å². The molecule has 0 bridgehead atoms. The van der Waals surface area contributed by atoms with Crippen molar-refractivity contribution in [1.82, 2.24) is 4.90 Å². The van der Waals surface area contributed by atoms with Crippen LogP contribution in [-0.2, 0) is 25.4 Å². The zero-order valence-electron chi connectivity index (χ0n) is 22.2. The molecule has 1 aliphatic heterocycles. The molecule has 1 heterocycles. The SMILES string of the molecule is C=C(Nc1cc(F)cc(C(F)(F)F)c1)C(=C)N1CCCC1.CCc1cc(CCc2ccccc2)ccc1C. The van der Waals surface area contributed by atoms with Gasteiger partial charge in [0.25, 0.3) is 0 Å². The highest BCUT2D eigenvalue weighted by Crippen LogP contribution is 2.32. The van der Waals surface area contributed by atoms with E-state index in [0.717, 1.165) is 57.3 Å². The molecule has 0 aromatic heterocycles. The Bertz CT molecular complexity index is 1230. The van der Waals surface area contributed by atoms with Gasteiger partial charge in [-0.3, -0.25) is 0 Å². The van der Waals surface area contributed by atoms with E-state index in [1.165, 1.54) is 22.3 Å². The average Bonchev–Trinajstić information content (AvgIpc) is 3.43. The van der Waals surface area contributed by atoms with Gasteiger partial charge in [-0.05, 0) is 79.5 Å².